The Morgan fingerprint density at radius 2 is 2.20 bits per heavy atom. The third-order valence-electron chi connectivity index (χ3n) is 2.65. The molecule has 0 amide bonds. The summed E-state index contributed by atoms with van der Waals surface area (Å²) < 4.78 is 2.27. The van der Waals surface area contributed by atoms with E-state index in [9.17, 15) is 0 Å². The molecule has 0 atom stereocenters. The molecule has 0 radical (unpaired) electrons. The second-order valence-corrected chi connectivity index (χ2v) is 3.88. The molecule has 1 heteroatoms. The average molecular weight is 197 g/mol. The number of aryl methyl sites for hydroxylation is 2. The van der Waals surface area contributed by atoms with Gasteiger partial charge in [-0.05, 0) is 36.9 Å². The SMILES string of the molecule is C#CCCCn1ccc2cc(C)ccc21. The molecular formula is C14H15N. The first kappa shape index (κ1) is 9.86. The molecule has 1 aromatic carbocycles. The van der Waals surface area contributed by atoms with Crippen LogP contribution in [0, 0.1) is 19.3 Å². The van der Waals surface area contributed by atoms with Gasteiger partial charge in [0.25, 0.3) is 0 Å². The molecule has 1 heterocycles. The first-order valence-corrected chi connectivity index (χ1v) is 5.30. The molecule has 0 fully saturated rings. The molecule has 15 heavy (non-hydrogen) atoms. The molecule has 0 unspecified atom stereocenters. The number of benzene rings is 1. The Morgan fingerprint density at radius 3 is 3.00 bits per heavy atom. The quantitative estimate of drug-likeness (QED) is 0.525. The zero-order valence-corrected chi connectivity index (χ0v) is 9.03. The van der Waals surface area contributed by atoms with Crippen molar-refractivity contribution >= 4 is 10.9 Å². The van der Waals surface area contributed by atoms with Gasteiger partial charge in [-0.25, -0.2) is 0 Å². The van der Waals surface area contributed by atoms with E-state index in [1.807, 2.05) is 0 Å². The van der Waals surface area contributed by atoms with E-state index >= 15 is 0 Å². The van der Waals surface area contributed by atoms with E-state index < -0.39 is 0 Å². The number of terminal acetylenes is 1. The molecule has 0 bridgehead atoms. The lowest BCUT2D eigenvalue weighted by Crippen LogP contribution is -1.95. The van der Waals surface area contributed by atoms with Crippen molar-refractivity contribution in [2.75, 3.05) is 0 Å². The van der Waals surface area contributed by atoms with E-state index in [-0.39, 0.29) is 0 Å². The van der Waals surface area contributed by atoms with Gasteiger partial charge in [-0.1, -0.05) is 11.6 Å². The van der Waals surface area contributed by atoms with Crippen LogP contribution >= 0.6 is 0 Å². The number of fused-ring (bicyclic) bond motifs is 1. The lowest BCUT2D eigenvalue weighted by Gasteiger charge is -2.03. The van der Waals surface area contributed by atoms with Crippen LogP contribution in [0.15, 0.2) is 30.5 Å². The fraction of sp³-hybridized carbons (Fsp3) is 0.286. The van der Waals surface area contributed by atoms with Crippen molar-refractivity contribution in [1.29, 1.82) is 0 Å². The zero-order chi connectivity index (χ0) is 10.7. The summed E-state index contributed by atoms with van der Waals surface area (Å²) in [6.45, 7) is 3.13. The number of hydrogen-bond donors (Lipinski definition) is 0. The van der Waals surface area contributed by atoms with Gasteiger partial charge < -0.3 is 4.57 Å². The maximum Gasteiger partial charge on any atom is 0.0480 e. The monoisotopic (exact) mass is 197 g/mol. The summed E-state index contributed by atoms with van der Waals surface area (Å²) in [6.07, 6.45) is 9.28. The van der Waals surface area contributed by atoms with Gasteiger partial charge in [-0.3, -0.25) is 0 Å². The van der Waals surface area contributed by atoms with Crippen LogP contribution in [-0.2, 0) is 6.54 Å². The van der Waals surface area contributed by atoms with Crippen LogP contribution in [0.2, 0.25) is 0 Å². The second kappa shape index (κ2) is 4.23. The molecule has 1 nitrogen and oxygen atoms in total. The van der Waals surface area contributed by atoms with Crippen LogP contribution in [0.4, 0.5) is 0 Å². The Kier molecular flexibility index (Phi) is 2.78. The molecule has 0 aliphatic heterocycles. The van der Waals surface area contributed by atoms with Gasteiger partial charge in [-0.2, -0.15) is 0 Å². The van der Waals surface area contributed by atoms with Crippen LogP contribution in [0.25, 0.3) is 10.9 Å². The van der Waals surface area contributed by atoms with E-state index in [1.165, 1.54) is 16.5 Å². The van der Waals surface area contributed by atoms with Crippen molar-refractivity contribution in [3.05, 3.63) is 36.0 Å². The van der Waals surface area contributed by atoms with Crippen LogP contribution in [-0.4, -0.2) is 4.57 Å². The van der Waals surface area contributed by atoms with Crippen LogP contribution in [0.3, 0.4) is 0 Å². The molecular weight excluding hydrogens is 182 g/mol. The molecule has 0 aliphatic rings. The fourth-order valence-corrected chi connectivity index (χ4v) is 1.87. The van der Waals surface area contributed by atoms with Crippen LogP contribution in [0.1, 0.15) is 18.4 Å². The van der Waals surface area contributed by atoms with Crippen molar-refractivity contribution in [2.24, 2.45) is 0 Å². The Bertz CT molecular complexity index is 500. The molecule has 2 rings (SSSR count). The molecule has 0 aliphatic carbocycles. The van der Waals surface area contributed by atoms with E-state index in [1.54, 1.807) is 0 Å². The van der Waals surface area contributed by atoms with E-state index in [0.29, 0.717) is 0 Å². The summed E-state index contributed by atoms with van der Waals surface area (Å²) >= 11 is 0. The Hall–Kier alpha value is -1.68. The highest BCUT2D eigenvalue weighted by Crippen LogP contribution is 2.17. The highest BCUT2D eigenvalue weighted by molar-refractivity contribution is 5.80. The minimum Gasteiger partial charge on any atom is -0.347 e. The minimum absolute atomic E-state index is 0.853. The standard InChI is InChI=1S/C14H15N/c1-3-4-5-9-15-10-8-13-11-12(2)6-7-14(13)15/h1,6-8,10-11H,4-5,9H2,2H3. The minimum atomic E-state index is 0.853. The van der Waals surface area contributed by atoms with Crippen LogP contribution in [0.5, 0.6) is 0 Å². The summed E-state index contributed by atoms with van der Waals surface area (Å²) in [5, 5.41) is 1.32. The molecule has 0 saturated heterocycles. The molecule has 1 aromatic heterocycles. The maximum atomic E-state index is 5.24. The van der Waals surface area contributed by atoms with E-state index in [0.717, 1.165) is 19.4 Å². The fourth-order valence-electron chi connectivity index (χ4n) is 1.87. The molecule has 76 valence electrons. The van der Waals surface area contributed by atoms with Crippen molar-refractivity contribution in [3.8, 4) is 12.3 Å². The normalized spacial score (nSPS) is 10.4. The van der Waals surface area contributed by atoms with Gasteiger partial charge in [0.05, 0.1) is 0 Å². The van der Waals surface area contributed by atoms with Gasteiger partial charge in [-0.15, -0.1) is 12.3 Å². The van der Waals surface area contributed by atoms with Crippen molar-refractivity contribution in [3.63, 3.8) is 0 Å². The molecule has 0 saturated carbocycles. The molecule has 0 spiro atoms. The Balaban J connectivity index is 2.26. The predicted octanol–water partition coefficient (Wildman–Crippen LogP) is 3.36. The van der Waals surface area contributed by atoms with Gasteiger partial charge >= 0.3 is 0 Å². The number of unbranched alkanes of at least 4 members (excludes halogenated alkanes) is 1. The van der Waals surface area contributed by atoms with Crippen molar-refractivity contribution < 1.29 is 0 Å². The third kappa shape index (κ3) is 2.05. The maximum absolute atomic E-state index is 5.24. The molecule has 2 aromatic rings. The molecule has 0 N–H and O–H groups in total. The van der Waals surface area contributed by atoms with Gasteiger partial charge in [0.1, 0.15) is 0 Å². The Morgan fingerprint density at radius 1 is 1.33 bits per heavy atom. The smallest absolute Gasteiger partial charge is 0.0480 e. The summed E-state index contributed by atoms with van der Waals surface area (Å²) in [4.78, 5) is 0. The Labute approximate surface area is 90.7 Å². The lowest BCUT2D eigenvalue weighted by atomic mass is 10.2. The predicted molar refractivity (Wildman–Crippen MR) is 64.7 cm³/mol. The number of hydrogen-bond acceptors (Lipinski definition) is 0. The van der Waals surface area contributed by atoms with Gasteiger partial charge in [0.2, 0.25) is 0 Å². The van der Waals surface area contributed by atoms with Crippen molar-refractivity contribution in [1.82, 2.24) is 4.57 Å². The van der Waals surface area contributed by atoms with Gasteiger partial charge in [0, 0.05) is 24.7 Å². The number of rotatable bonds is 3. The number of nitrogens with zero attached hydrogens (tertiary/aromatic N) is 1. The average Bonchev–Trinajstić information content (AvgIpc) is 2.61. The highest BCUT2D eigenvalue weighted by atomic mass is 14.9. The summed E-state index contributed by atoms with van der Waals surface area (Å²) in [7, 11) is 0. The highest BCUT2D eigenvalue weighted by Gasteiger charge is 1.99. The van der Waals surface area contributed by atoms with Gasteiger partial charge in [0.15, 0.2) is 0 Å². The zero-order valence-electron chi connectivity index (χ0n) is 9.03. The topological polar surface area (TPSA) is 4.93 Å². The second-order valence-electron chi connectivity index (χ2n) is 3.88. The summed E-state index contributed by atoms with van der Waals surface area (Å²) in [6, 6.07) is 8.71. The van der Waals surface area contributed by atoms with Crippen LogP contribution < -0.4 is 0 Å². The first-order valence-electron chi connectivity index (χ1n) is 5.30. The van der Waals surface area contributed by atoms with E-state index in [4.69, 9.17) is 6.42 Å². The lowest BCUT2D eigenvalue weighted by molar-refractivity contribution is 0.677. The number of aromatic nitrogens is 1. The third-order valence-corrected chi connectivity index (χ3v) is 2.65. The van der Waals surface area contributed by atoms with Crippen molar-refractivity contribution in [2.45, 2.75) is 26.3 Å². The summed E-state index contributed by atoms with van der Waals surface area (Å²) in [5.41, 5.74) is 2.61. The van der Waals surface area contributed by atoms with E-state index in [2.05, 4.69) is 47.9 Å². The summed E-state index contributed by atoms with van der Waals surface area (Å²) in [5.74, 6) is 2.67. The first-order chi connectivity index (χ1) is 7.31. The largest absolute Gasteiger partial charge is 0.347 e.